The quantitative estimate of drug-likeness (QED) is 0.532. The van der Waals surface area contributed by atoms with Crippen molar-refractivity contribution in [3.63, 3.8) is 0 Å². The van der Waals surface area contributed by atoms with Crippen LogP contribution in [0.5, 0.6) is 0 Å². The summed E-state index contributed by atoms with van der Waals surface area (Å²) in [6.45, 7) is 1.07. The Morgan fingerprint density at radius 3 is 2.71 bits per heavy atom. The molecule has 144 valence electrons. The van der Waals surface area contributed by atoms with Crippen molar-refractivity contribution in [2.45, 2.75) is 31.6 Å². The van der Waals surface area contributed by atoms with Crippen molar-refractivity contribution < 1.29 is 0 Å². The van der Waals surface area contributed by atoms with E-state index >= 15 is 0 Å². The lowest BCUT2D eigenvalue weighted by Gasteiger charge is -2.31. The van der Waals surface area contributed by atoms with Gasteiger partial charge in [0.05, 0.1) is 5.69 Å². The standard InChI is InChI=1S/C21H25N7/c1-27(17-8-6-16(22)7-9-17)12-14-2-4-15(5-3-14)19-20-18-10-11-23-21(18)24-13-28(20)26-25-19/h6-11,13-15,23H,2-5,12,22H2,1H3/t14-,15-. The predicted molar refractivity (Wildman–Crippen MR) is 111 cm³/mol. The molecule has 0 bridgehead atoms. The Hall–Kier alpha value is -3.09. The molecule has 0 unspecified atom stereocenters. The van der Waals surface area contributed by atoms with Gasteiger partial charge >= 0.3 is 0 Å². The first-order valence-corrected chi connectivity index (χ1v) is 9.92. The second-order valence-corrected chi connectivity index (χ2v) is 7.94. The van der Waals surface area contributed by atoms with Crippen molar-refractivity contribution in [1.82, 2.24) is 24.8 Å². The van der Waals surface area contributed by atoms with E-state index in [1.165, 1.54) is 18.5 Å². The van der Waals surface area contributed by atoms with Crippen LogP contribution in [0.3, 0.4) is 0 Å². The number of hydrogen-bond donors (Lipinski definition) is 2. The average molecular weight is 375 g/mol. The Bertz CT molecular complexity index is 1090. The van der Waals surface area contributed by atoms with E-state index < -0.39 is 0 Å². The van der Waals surface area contributed by atoms with Crippen LogP contribution in [0.1, 0.15) is 37.3 Å². The number of nitrogens with one attached hydrogen (secondary N) is 1. The molecule has 4 aromatic rings. The molecule has 0 radical (unpaired) electrons. The number of nitrogen functional groups attached to an aromatic ring is 1. The molecule has 0 amide bonds. The van der Waals surface area contributed by atoms with Crippen molar-refractivity contribution >= 4 is 27.9 Å². The highest BCUT2D eigenvalue weighted by Gasteiger charge is 2.27. The maximum Gasteiger partial charge on any atom is 0.141 e. The number of nitrogens with zero attached hydrogens (tertiary/aromatic N) is 5. The number of hydrogen-bond acceptors (Lipinski definition) is 5. The summed E-state index contributed by atoms with van der Waals surface area (Å²) < 4.78 is 1.81. The monoisotopic (exact) mass is 375 g/mol. The SMILES string of the molecule is CN(C[C@H]1CC[C@H](c2nnn3cnc4[nH]ccc4c23)CC1)c1ccc(N)cc1. The highest BCUT2D eigenvalue weighted by atomic mass is 15.4. The van der Waals surface area contributed by atoms with Crippen LogP contribution in [-0.4, -0.2) is 38.4 Å². The maximum absolute atomic E-state index is 5.80. The minimum absolute atomic E-state index is 0.469. The minimum atomic E-state index is 0.469. The number of aromatic nitrogens is 5. The molecule has 28 heavy (non-hydrogen) atoms. The molecule has 1 aliphatic carbocycles. The van der Waals surface area contributed by atoms with E-state index in [1.807, 2.05) is 22.8 Å². The fourth-order valence-electron chi connectivity index (χ4n) is 4.53. The average Bonchev–Trinajstić information content (AvgIpc) is 3.35. The van der Waals surface area contributed by atoms with E-state index in [-0.39, 0.29) is 0 Å². The smallest absolute Gasteiger partial charge is 0.141 e. The maximum atomic E-state index is 5.80. The molecule has 3 heterocycles. The Labute approximate surface area is 163 Å². The molecule has 1 aliphatic rings. The van der Waals surface area contributed by atoms with Crippen LogP contribution < -0.4 is 10.6 Å². The summed E-state index contributed by atoms with van der Waals surface area (Å²) in [5.74, 6) is 1.17. The van der Waals surface area contributed by atoms with E-state index in [2.05, 4.69) is 50.4 Å². The first-order chi connectivity index (χ1) is 13.7. The van der Waals surface area contributed by atoms with E-state index in [1.54, 1.807) is 6.33 Å². The van der Waals surface area contributed by atoms with Gasteiger partial charge in [0.1, 0.15) is 17.5 Å². The fourth-order valence-corrected chi connectivity index (χ4v) is 4.53. The molecule has 5 rings (SSSR count). The third kappa shape index (κ3) is 2.96. The van der Waals surface area contributed by atoms with Gasteiger partial charge in [-0.3, -0.25) is 0 Å². The Kier molecular flexibility index (Phi) is 4.15. The lowest BCUT2D eigenvalue weighted by molar-refractivity contribution is 0.327. The van der Waals surface area contributed by atoms with Gasteiger partial charge in [0, 0.05) is 42.5 Å². The normalized spacial score (nSPS) is 20.0. The lowest BCUT2D eigenvalue weighted by atomic mass is 9.80. The highest BCUT2D eigenvalue weighted by molar-refractivity contribution is 5.92. The van der Waals surface area contributed by atoms with Gasteiger partial charge in [-0.15, -0.1) is 5.10 Å². The number of nitrogens with two attached hydrogens (primary N) is 1. The van der Waals surface area contributed by atoms with E-state index in [4.69, 9.17) is 5.73 Å². The first kappa shape index (κ1) is 17.0. The number of aromatic amines is 1. The molecular formula is C21H25N7. The van der Waals surface area contributed by atoms with Gasteiger partial charge in [0.25, 0.3) is 0 Å². The number of fused-ring (bicyclic) bond motifs is 3. The van der Waals surface area contributed by atoms with Crippen molar-refractivity contribution in [3.05, 3.63) is 48.5 Å². The van der Waals surface area contributed by atoms with Gasteiger partial charge in [0.2, 0.25) is 0 Å². The van der Waals surface area contributed by atoms with Crippen LogP contribution >= 0.6 is 0 Å². The zero-order valence-corrected chi connectivity index (χ0v) is 16.0. The van der Waals surface area contributed by atoms with Crippen molar-refractivity contribution in [2.75, 3.05) is 24.2 Å². The highest BCUT2D eigenvalue weighted by Crippen LogP contribution is 2.38. The number of anilines is 2. The van der Waals surface area contributed by atoms with Gasteiger partial charge in [-0.25, -0.2) is 9.50 Å². The lowest BCUT2D eigenvalue weighted by Crippen LogP contribution is -2.28. The molecule has 0 aliphatic heterocycles. The molecule has 0 atom stereocenters. The summed E-state index contributed by atoms with van der Waals surface area (Å²) in [4.78, 5) is 9.92. The summed E-state index contributed by atoms with van der Waals surface area (Å²) >= 11 is 0. The van der Waals surface area contributed by atoms with Crippen LogP contribution in [0.25, 0.3) is 16.6 Å². The summed E-state index contributed by atoms with van der Waals surface area (Å²) in [5, 5.41) is 9.94. The van der Waals surface area contributed by atoms with Gasteiger partial charge in [-0.1, -0.05) is 5.21 Å². The van der Waals surface area contributed by atoms with Gasteiger partial charge in [-0.2, -0.15) is 0 Å². The van der Waals surface area contributed by atoms with Crippen LogP contribution in [-0.2, 0) is 0 Å². The molecule has 1 fully saturated rings. The van der Waals surface area contributed by atoms with E-state index in [9.17, 15) is 0 Å². The van der Waals surface area contributed by atoms with Crippen LogP contribution in [0.4, 0.5) is 11.4 Å². The summed E-state index contributed by atoms with van der Waals surface area (Å²) in [6.07, 6.45) is 8.41. The van der Waals surface area contributed by atoms with E-state index in [0.717, 1.165) is 47.3 Å². The van der Waals surface area contributed by atoms with Gasteiger partial charge in [0.15, 0.2) is 0 Å². The number of H-pyrrole nitrogens is 1. The fraction of sp³-hybridized carbons (Fsp3) is 0.381. The molecule has 3 aromatic heterocycles. The summed E-state index contributed by atoms with van der Waals surface area (Å²) in [5.41, 5.74) is 11.0. The summed E-state index contributed by atoms with van der Waals surface area (Å²) in [7, 11) is 2.17. The van der Waals surface area contributed by atoms with E-state index in [0.29, 0.717) is 11.8 Å². The second kappa shape index (κ2) is 6.82. The zero-order chi connectivity index (χ0) is 19.1. The minimum Gasteiger partial charge on any atom is -0.399 e. The second-order valence-electron chi connectivity index (χ2n) is 7.94. The van der Waals surface area contributed by atoms with Gasteiger partial charge < -0.3 is 15.6 Å². The summed E-state index contributed by atoms with van der Waals surface area (Å²) in [6, 6.07) is 10.2. The third-order valence-corrected chi connectivity index (χ3v) is 6.10. The third-order valence-electron chi connectivity index (χ3n) is 6.10. The number of rotatable bonds is 4. The van der Waals surface area contributed by atoms with Crippen LogP contribution in [0, 0.1) is 5.92 Å². The van der Waals surface area contributed by atoms with Crippen LogP contribution in [0.15, 0.2) is 42.9 Å². The largest absolute Gasteiger partial charge is 0.399 e. The predicted octanol–water partition coefficient (Wildman–Crippen LogP) is 3.60. The molecule has 3 N–H and O–H groups in total. The van der Waals surface area contributed by atoms with Gasteiger partial charge in [-0.05, 0) is 61.9 Å². The Morgan fingerprint density at radius 2 is 1.93 bits per heavy atom. The molecule has 1 saturated carbocycles. The molecule has 7 heteroatoms. The van der Waals surface area contributed by atoms with Crippen molar-refractivity contribution in [1.29, 1.82) is 0 Å². The molecule has 0 saturated heterocycles. The zero-order valence-electron chi connectivity index (χ0n) is 16.0. The topological polar surface area (TPSA) is 88.1 Å². The van der Waals surface area contributed by atoms with Crippen molar-refractivity contribution in [2.24, 2.45) is 5.92 Å². The Balaban J connectivity index is 1.29. The molecular weight excluding hydrogens is 350 g/mol. The molecule has 0 spiro atoms. The molecule has 7 nitrogen and oxygen atoms in total. The van der Waals surface area contributed by atoms with Crippen LogP contribution in [0.2, 0.25) is 0 Å². The number of benzene rings is 1. The van der Waals surface area contributed by atoms with Crippen molar-refractivity contribution in [3.8, 4) is 0 Å². The first-order valence-electron chi connectivity index (χ1n) is 9.92. The Morgan fingerprint density at radius 1 is 1.14 bits per heavy atom. The molecule has 1 aromatic carbocycles.